The van der Waals surface area contributed by atoms with E-state index >= 15 is 0 Å². The summed E-state index contributed by atoms with van der Waals surface area (Å²) in [7, 11) is 0. The van der Waals surface area contributed by atoms with E-state index < -0.39 is 0 Å². The van der Waals surface area contributed by atoms with Gasteiger partial charge in [-0.1, -0.05) is 17.3 Å². The highest BCUT2D eigenvalue weighted by atomic mass is 16.6. The number of hydrogen-bond acceptors (Lipinski definition) is 8. The third-order valence-corrected chi connectivity index (χ3v) is 7.22. The number of rotatable bonds is 6. The molecule has 5 heterocycles. The van der Waals surface area contributed by atoms with Crippen molar-refractivity contribution in [1.29, 1.82) is 0 Å². The van der Waals surface area contributed by atoms with Crippen LogP contribution in [0.25, 0.3) is 11.1 Å². The first-order valence-electron chi connectivity index (χ1n) is 12.4. The molecule has 3 atom stereocenters. The second kappa shape index (κ2) is 9.51. The SMILES string of the molecule is CC(=O)NCC1OC(=O)N2c3ccc(-c4ccc(C5=NOC(CN6CCOCC6)C5)nc4)cc3C[C@@H]12. The van der Waals surface area contributed by atoms with Gasteiger partial charge >= 0.3 is 6.09 Å². The maximum atomic E-state index is 12.5. The Morgan fingerprint density at radius 3 is 2.75 bits per heavy atom. The third kappa shape index (κ3) is 4.42. The number of oxime groups is 1. The topological polar surface area (TPSA) is 106 Å². The Labute approximate surface area is 209 Å². The normalized spacial score (nSPS) is 25.1. The fourth-order valence-electron chi connectivity index (χ4n) is 5.36. The molecule has 2 amide bonds. The van der Waals surface area contributed by atoms with Crippen LogP contribution in [-0.2, 0) is 25.5 Å². The molecule has 4 aliphatic heterocycles. The monoisotopic (exact) mass is 491 g/mol. The van der Waals surface area contributed by atoms with E-state index in [1.54, 1.807) is 4.90 Å². The summed E-state index contributed by atoms with van der Waals surface area (Å²) in [5.41, 5.74) is 5.69. The van der Waals surface area contributed by atoms with Crippen molar-refractivity contribution < 1.29 is 23.9 Å². The molecule has 0 spiro atoms. The number of aromatic nitrogens is 1. The third-order valence-electron chi connectivity index (χ3n) is 7.22. The number of carbonyl (C=O) groups is 2. The van der Waals surface area contributed by atoms with Crippen LogP contribution in [-0.4, -0.2) is 85.2 Å². The molecule has 6 rings (SSSR count). The molecule has 1 aromatic heterocycles. The predicted octanol–water partition coefficient (Wildman–Crippen LogP) is 1.96. The molecule has 1 N–H and O–H groups in total. The van der Waals surface area contributed by atoms with E-state index in [4.69, 9.17) is 14.3 Å². The lowest BCUT2D eigenvalue weighted by molar-refractivity contribution is -0.119. The van der Waals surface area contributed by atoms with Crippen LogP contribution in [0.1, 0.15) is 24.6 Å². The second-order valence-electron chi connectivity index (χ2n) is 9.66. The lowest BCUT2D eigenvalue weighted by Crippen LogP contribution is -2.41. The fraction of sp³-hybridized carbons (Fsp3) is 0.462. The van der Waals surface area contributed by atoms with Crippen molar-refractivity contribution >= 4 is 23.4 Å². The summed E-state index contributed by atoms with van der Waals surface area (Å²) in [5.74, 6) is -0.138. The molecule has 2 fully saturated rings. The Balaban J connectivity index is 1.12. The van der Waals surface area contributed by atoms with Crippen molar-refractivity contribution in [2.24, 2.45) is 5.16 Å². The zero-order valence-electron chi connectivity index (χ0n) is 20.2. The zero-order chi connectivity index (χ0) is 24.6. The number of anilines is 1. The molecule has 1 aromatic carbocycles. The Kier molecular flexibility index (Phi) is 6.06. The van der Waals surface area contributed by atoms with Crippen molar-refractivity contribution in [3.8, 4) is 11.1 Å². The largest absolute Gasteiger partial charge is 0.442 e. The van der Waals surface area contributed by atoms with Gasteiger partial charge in [-0.05, 0) is 35.7 Å². The highest BCUT2D eigenvalue weighted by Gasteiger charge is 2.47. The molecule has 10 nitrogen and oxygen atoms in total. The number of hydrogen-bond donors (Lipinski definition) is 1. The minimum atomic E-state index is -0.362. The number of pyridine rings is 1. The maximum absolute atomic E-state index is 12.5. The van der Waals surface area contributed by atoms with Crippen LogP contribution in [0, 0.1) is 0 Å². The Morgan fingerprint density at radius 2 is 1.97 bits per heavy atom. The van der Waals surface area contributed by atoms with Crippen LogP contribution < -0.4 is 10.2 Å². The van der Waals surface area contributed by atoms with Crippen molar-refractivity contribution in [1.82, 2.24) is 15.2 Å². The summed E-state index contributed by atoms with van der Waals surface area (Å²) in [6.45, 7) is 6.02. The highest BCUT2D eigenvalue weighted by molar-refractivity contribution is 6.00. The van der Waals surface area contributed by atoms with Crippen molar-refractivity contribution in [2.75, 3.05) is 44.3 Å². The molecule has 4 aliphatic rings. The number of benzene rings is 1. The van der Waals surface area contributed by atoms with Gasteiger partial charge in [-0.25, -0.2) is 4.79 Å². The van der Waals surface area contributed by atoms with E-state index in [9.17, 15) is 9.59 Å². The minimum absolute atomic E-state index is 0.0481. The van der Waals surface area contributed by atoms with Gasteiger partial charge in [0.1, 0.15) is 17.9 Å². The lowest BCUT2D eigenvalue weighted by atomic mass is 10.00. The molecule has 0 bridgehead atoms. The quantitative estimate of drug-likeness (QED) is 0.659. The summed E-state index contributed by atoms with van der Waals surface area (Å²) >= 11 is 0. The molecule has 2 unspecified atom stereocenters. The summed E-state index contributed by atoms with van der Waals surface area (Å²) in [5, 5.41) is 7.05. The van der Waals surface area contributed by atoms with Crippen molar-refractivity contribution in [3.05, 3.63) is 47.8 Å². The minimum Gasteiger partial charge on any atom is -0.442 e. The van der Waals surface area contributed by atoms with Crippen molar-refractivity contribution in [2.45, 2.75) is 38.0 Å². The molecule has 0 aliphatic carbocycles. The summed E-state index contributed by atoms with van der Waals surface area (Å²) in [6, 6.07) is 10.0. The van der Waals surface area contributed by atoms with Gasteiger partial charge in [0.2, 0.25) is 5.91 Å². The summed E-state index contributed by atoms with van der Waals surface area (Å²) in [4.78, 5) is 38.2. The second-order valence-corrected chi connectivity index (χ2v) is 9.66. The van der Waals surface area contributed by atoms with E-state index in [2.05, 4.69) is 26.4 Å². The molecule has 2 aromatic rings. The van der Waals surface area contributed by atoms with E-state index in [-0.39, 0.29) is 30.3 Å². The predicted molar refractivity (Wildman–Crippen MR) is 132 cm³/mol. The molecule has 36 heavy (non-hydrogen) atoms. The molecular formula is C26H29N5O5. The van der Waals surface area contributed by atoms with Gasteiger partial charge in [0.25, 0.3) is 0 Å². The summed E-state index contributed by atoms with van der Waals surface area (Å²) in [6.07, 6.45) is 2.61. The molecular weight excluding hydrogens is 462 g/mol. The first-order valence-corrected chi connectivity index (χ1v) is 12.4. The van der Waals surface area contributed by atoms with Gasteiger partial charge < -0.3 is 19.6 Å². The molecule has 10 heteroatoms. The Hall–Kier alpha value is -3.50. The van der Waals surface area contributed by atoms with Gasteiger partial charge in [-0.2, -0.15) is 0 Å². The first-order chi connectivity index (χ1) is 17.5. The number of cyclic esters (lactones) is 1. The van der Waals surface area contributed by atoms with Gasteiger partial charge in [0.15, 0.2) is 0 Å². The fourth-order valence-corrected chi connectivity index (χ4v) is 5.36. The van der Waals surface area contributed by atoms with Crippen LogP contribution >= 0.6 is 0 Å². The Bertz CT molecular complexity index is 1190. The van der Waals surface area contributed by atoms with E-state index in [0.29, 0.717) is 13.0 Å². The number of morpholine rings is 1. The molecule has 0 radical (unpaired) electrons. The zero-order valence-corrected chi connectivity index (χ0v) is 20.2. The van der Waals surface area contributed by atoms with Gasteiger partial charge in [0.05, 0.1) is 37.2 Å². The lowest BCUT2D eigenvalue weighted by Gasteiger charge is -2.27. The molecule has 0 saturated carbocycles. The van der Waals surface area contributed by atoms with Crippen LogP contribution in [0.2, 0.25) is 0 Å². The number of fused-ring (bicyclic) bond motifs is 3. The van der Waals surface area contributed by atoms with Crippen LogP contribution in [0.4, 0.5) is 10.5 Å². The van der Waals surface area contributed by atoms with Gasteiger partial charge in [-0.3, -0.25) is 19.6 Å². The Morgan fingerprint density at radius 1 is 1.14 bits per heavy atom. The number of ether oxygens (including phenoxy) is 2. The van der Waals surface area contributed by atoms with Crippen LogP contribution in [0.3, 0.4) is 0 Å². The van der Waals surface area contributed by atoms with Gasteiger partial charge in [-0.15, -0.1) is 0 Å². The molecule has 2 saturated heterocycles. The van der Waals surface area contributed by atoms with Gasteiger partial charge in [0, 0.05) is 44.7 Å². The van der Waals surface area contributed by atoms with Crippen LogP contribution in [0.5, 0.6) is 0 Å². The van der Waals surface area contributed by atoms with Crippen LogP contribution in [0.15, 0.2) is 41.7 Å². The number of carbonyl (C=O) groups excluding carboxylic acids is 2. The average molecular weight is 492 g/mol. The number of nitrogens with zero attached hydrogens (tertiary/aromatic N) is 4. The van der Waals surface area contributed by atoms with E-state index in [1.165, 1.54) is 6.92 Å². The highest BCUT2D eigenvalue weighted by Crippen LogP contribution is 2.40. The molecule has 188 valence electrons. The van der Waals surface area contributed by atoms with Crippen molar-refractivity contribution in [3.63, 3.8) is 0 Å². The number of nitrogens with one attached hydrogen (secondary N) is 1. The smallest absolute Gasteiger partial charge is 0.415 e. The average Bonchev–Trinajstić information content (AvgIpc) is 3.58. The van der Waals surface area contributed by atoms with E-state index in [1.807, 2.05) is 30.5 Å². The first kappa shape index (κ1) is 22.9. The number of amides is 2. The maximum Gasteiger partial charge on any atom is 0.415 e. The van der Waals surface area contributed by atoms with E-state index in [0.717, 1.165) is 73.1 Å². The summed E-state index contributed by atoms with van der Waals surface area (Å²) < 4.78 is 10.9. The standard InChI is InChI=1S/C26H29N5O5/c1-16(32)27-14-25-24-11-19-10-17(3-5-23(19)31(24)26(33)35-25)18-2-4-21(28-13-18)22-12-20(36-29-22)15-30-6-8-34-9-7-30/h2-5,10,13,20,24-25H,6-9,11-12,14-15H2,1H3,(H,27,32)/t20?,24-,25?/m0/s1.